The van der Waals surface area contributed by atoms with Gasteiger partial charge in [-0.2, -0.15) is 5.26 Å². The van der Waals surface area contributed by atoms with Crippen molar-refractivity contribution < 1.29 is 0 Å². The number of hydrogen-bond acceptors (Lipinski definition) is 3. The minimum absolute atomic E-state index is 0.381. The van der Waals surface area contributed by atoms with Crippen molar-refractivity contribution in [3.63, 3.8) is 0 Å². The summed E-state index contributed by atoms with van der Waals surface area (Å²) in [6.07, 6.45) is 3.06. The summed E-state index contributed by atoms with van der Waals surface area (Å²) in [7, 11) is 0. The van der Waals surface area contributed by atoms with Gasteiger partial charge < -0.3 is 5.73 Å². The van der Waals surface area contributed by atoms with Crippen LogP contribution in [0.1, 0.15) is 26.2 Å². The molecule has 3 nitrogen and oxygen atoms in total. The lowest BCUT2D eigenvalue weighted by atomic mass is 10.1. The molecule has 0 aromatic carbocycles. The van der Waals surface area contributed by atoms with Gasteiger partial charge >= 0.3 is 0 Å². The molecule has 2 atom stereocenters. The maximum atomic E-state index is 8.55. The molecule has 1 aliphatic heterocycles. The van der Waals surface area contributed by atoms with Crippen LogP contribution in [-0.2, 0) is 0 Å². The molecule has 0 spiro atoms. The van der Waals surface area contributed by atoms with Crippen LogP contribution in [0.25, 0.3) is 0 Å². The Kier molecular flexibility index (Phi) is 3.51. The summed E-state index contributed by atoms with van der Waals surface area (Å²) in [6.45, 7) is 3.96. The summed E-state index contributed by atoms with van der Waals surface area (Å²) >= 11 is 0. The highest BCUT2D eigenvalue weighted by atomic mass is 15.2. The molecule has 12 heavy (non-hydrogen) atoms. The highest BCUT2D eigenvalue weighted by Crippen LogP contribution is 2.20. The van der Waals surface area contributed by atoms with Crippen molar-refractivity contribution in [2.45, 2.75) is 38.3 Å². The van der Waals surface area contributed by atoms with Crippen LogP contribution in [0, 0.1) is 11.3 Å². The monoisotopic (exact) mass is 167 g/mol. The highest BCUT2D eigenvalue weighted by Gasteiger charge is 2.26. The summed E-state index contributed by atoms with van der Waals surface area (Å²) in [5, 5.41) is 8.55. The molecule has 0 aromatic rings. The van der Waals surface area contributed by atoms with Crippen LogP contribution in [0.5, 0.6) is 0 Å². The zero-order valence-corrected chi connectivity index (χ0v) is 7.66. The van der Waals surface area contributed by atoms with Crippen LogP contribution < -0.4 is 5.73 Å². The molecule has 3 heteroatoms. The molecular formula is C9H17N3. The number of rotatable bonds is 3. The third-order valence-corrected chi connectivity index (χ3v) is 2.65. The second kappa shape index (κ2) is 4.44. The first-order valence-corrected chi connectivity index (χ1v) is 4.62. The minimum atomic E-state index is 0.381. The van der Waals surface area contributed by atoms with Gasteiger partial charge in [-0.25, -0.2) is 0 Å². The summed E-state index contributed by atoms with van der Waals surface area (Å²) in [5.74, 6) is 0. The molecule has 0 bridgehead atoms. The Bertz CT molecular complexity index is 173. The van der Waals surface area contributed by atoms with E-state index in [0.29, 0.717) is 18.5 Å². The molecule has 68 valence electrons. The smallest absolute Gasteiger partial charge is 0.0638 e. The highest BCUT2D eigenvalue weighted by molar-refractivity contribution is 4.87. The lowest BCUT2D eigenvalue weighted by Gasteiger charge is -2.28. The summed E-state index contributed by atoms with van der Waals surface area (Å²) < 4.78 is 0. The molecule has 1 fully saturated rings. The largest absolute Gasteiger partial charge is 0.329 e. The van der Waals surface area contributed by atoms with Crippen LogP contribution in [0.2, 0.25) is 0 Å². The molecular weight excluding hydrogens is 150 g/mol. The van der Waals surface area contributed by atoms with Gasteiger partial charge in [0.15, 0.2) is 0 Å². The van der Waals surface area contributed by atoms with Gasteiger partial charge in [-0.3, -0.25) is 4.90 Å². The molecule has 0 saturated carbocycles. The van der Waals surface area contributed by atoms with Crippen molar-refractivity contribution in [2.24, 2.45) is 5.73 Å². The fourth-order valence-corrected chi connectivity index (χ4v) is 1.94. The Morgan fingerprint density at radius 1 is 1.75 bits per heavy atom. The predicted molar refractivity (Wildman–Crippen MR) is 48.5 cm³/mol. The first-order chi connectivity index (χ1) is 5.79. The number of likely N-dealkylation sites (tertiary alicyclic amines) is 1. The average Bonchev–Trinajstić information content (AvgIpc) is 2.51. The predicted octanol–water partition coefficient (Wildman–Crippen LogP) is 0.712. The van der Waals surface area contributed by atoms with Gasteiger partial charge in [0.05, 0.1) is 12.5 Å². The normalized spacial score (nSPS) is 26.9. The van der Waals surface area contributed by atoms with Gasteiger partial charge in [0.1, 0.15) is 0 Å². The lowest BCUT2D eigenvalue weighted by molar-refractivity contribution is 0.197. The number of nitrogens with zero attached hydrogens (tertiary/aromatic N) is 2. The lowest BCUT2D eigenvalue weighted by Crippen LogP contribution is -2.41. The topological polar surface area (TPSA) is 53.0 Å². The van der Waals surface area contributed by atoms with Gasteiger partial charge in [0.25, 0.3) is 0 Å². The van der Waals surface area contributed by atoms with E-state index >= 15 is 0 Å². The van der Waals surface area contributed by atoms with E-state index in [4.69, 9.17) is 11.0 Å². The first-order valence-electron chi connectivity index (χ1n) is 4.62. The Hall–Kier alpha value is -0.590. The third kappa shape index (κ3) is 1.96. The summed E-state index contributed by atoms with van der Waals surface area (Å²) in [6, 6.07) is 3.11. The first kappa shape index (κ1) is 9.50. The molecule has 0 aliphatic carbocycles. The Labute approximate surface area is 74.1 Å². The van der Waals surface area contributed by atoms with Crippen molar-refractivity contribution in [3.8, 4) is 6.07 Å². The van der Waals surface area contributed by atoms with Gasteiger partial charge in [-0.1, -0.05) is 0 Å². The van der Waals surface area contributed by atoms with E-state index in [1.54, 1.807) is 0 Å². The molecule has 1 aliphatic rings. The second-order valence-electron chi connectivity index (χ2n) is 3.48. The molecule has 1 rings (SSSR count). The van der Waals surface area contributed by atoms with Gasteiger partial charge in [0.2, 0.25) is 0 Å². The number of hydrogen-bond donors (Lipinski definition) is 1. The number of nitriles is 1. The molecule has 0 radical (unpaired) electrons. The molecule has 1 heterocycles. The maximum Gasteiger partial charge on any atom is 0.0638 e. The fraction of sp³-hybridized carbons (Fsp3) is 0.889. The van der Waals surface area contributed by atoms with Crippen molar-refractivity contribution in [1.82, 2.24) is 4.90 Å². The second-order valence-corrected chi connectivity index (χ2v) is 3.48. The van der Waals surface area contributed by atoms with Gasteiger partial charge in [-0.05, 0) is 26.3 Å². The fourth-order valence-electron chi connectivity index (χ4n) is 1.94. The zero-order valence-electron chi connectivity index (χ0n) is 7.66. The zero-order chi connectivity index (χ0) is 8.97. The van der Waals surface area contributed by atoms with E-state index in [2.05, 4.69) is 17.9 Å². The van der Waals surface area contributed by atoms with Crippen molar-refractivity contribution in [1.29, 1.82) is 5.26 Å². The average molecular weight is 167 g/mol. The van der Waals surface area contributed by atoms with Crippen molar-refractivity contribution in [2.75, 3.05) is 13.1 Å². The standard InChI is InChI=1S/C9H17N3/c1-8(4-5-10)12-6-2-3-9(12)7-11/h8-9H,2-4,6-7,11H2,1H3. The number of nitrogens with two attached hydrogens (primary N) is 1. The molecule has 1 saturated heterocycles. The van der Waals surface area contributed by atoms with Crippen LogP contribution in [0.15, 0.2) is 0 Å². The van der Waals surface area contributed by atoms with Crippen LogP contribution in [0.4, 0.5) is 0 Å². The van der Waals surface area contributed by atoms with Gasteiger partial charge in [-0.15, -0.1) is 0 Å². The van der Waals surface area contributed by atoms with E-state index in [-0.39, 0.29) is 0 Å². The van der Waals surface area contributed by atoms with E-state index in [1.807, 2.05) is 0 Å². The van der Waals surface area contributed by atoms with Crippen LogP contribution >= 0.6 is 0 Å². The van der Waals surface area contributed by atoms with Gasteiger partial charge in [0, 0.05) is 18.6 Å². The SMILES string of the molecule is CC(CC#N)N1CCCC1CN. The summed E-state index contributed by atoms with van der Waals surface area (Å²) in [4.78, 5) is 2.36. The maximum absolute atomic E-state index is 8.55. The van der Waals surface area contributed by atoms with Crippen molar-refractivity contribution in [3.05, 3.63) is 0 Å². The molecule has 2 unspecified atom stereocenters. The Morgan fingerprint density at radius 3 is 3.08 bits per heavy atom. The van der Waals surface area contributed by atoms with Crippen LogP contribution in [-0.4, -0.2) is 30.1 Å². The van der Waals surface area contributed by atoms with E-state index in [0.717, 1.165) is 13.1 Å². The molecule has 0 aromatic heterocycles. The van der Waals surface area contributed by atoms with E-state index in [1.165, 1.54) is 12.8 Å². The van der Waals surface area contributed by atoms with Crippen molar-refractivity contribution >= 4 is 0 Å². The quantitative estimate of drug-likeness (QED) is 0.673. The van der Waals surface area contributed by atoms with Crippen LogP contribution in [0.3, 0.4) is 0 Å². The van der Waals surface area contributed by atoms with E-state index < -0.39 is 0 Å². The Morgan fingerprint density at radius 2 is 2.50 bits per heavy atom. The third-order valence-electron chi connectivity index (χ3n) is 2.65. The molecule has 2 N–H and O–H groups in total. The molecule has 0 amide bonds. The Balaban J connectivity index is 2.44. The van der Waals surface area contributed by atoms with E-state index in [9.17, 15) is 0 Å². The summed E-state index contributed by atoms with van der Waals surface area (Å²) in [5.41, 5.74) is 5.63. The minimum Gasteiger partial charge on any atom is -0.329 e.